The van der Waals surface area contributed by atoms with Crippen LogP contribution in [-0.2, 0) is 9.59 Å². The third-order valence-corrected chi connectivity index (χ3v) is 1.86. The molecule has 0 aliphatic heterocycles. The summed E-state index contributed by atoms with van der Waals surface area (Å²) in [6, 6.07) is -0.758. The standard InChI is InChI=1S/C10H19NO3/c1-5-6-7(8(12)13)11-9(14)10(2,3)4/h7H,5-6H2,1-4H3,(H,11,14)(H,12,13)/t7-/m1/s1. The second-order valence-electron chi connectivity index (χ2n) is 4.40. The van der Waals surface area contributed by atoms with Crippen LogP contribution in [-0.4, -0.2) is 23.0 Å². The maximum atomic E-state index is 11.5. The summed E-state index contributed by atoms with van der Waals surface area (Å²) in [6.07, 6.45) is 1.21. The first-order valence-electron chi connectivity index (χ1n) is 4.82. The molecule has 0 spiro atoms. The molecule has 14 heavy (non-hydrogen) atoms. The average molecular weight is 201 g/mol. The van der Waals surface area contributed by atoms with Crippen molar-refractivity contribution in [2.24, 2.45) is 5.41 Å². The van der Waals surface area contributed by atoms with Crippen LogP contribution >= 0.6 is 0 Å². The average Bonchev–Trinajstić information content (AvgIpc) is 2.01. The molecule has 2 N–H and O–H groups in total. The number of carbonyl (C=O) groups excluding carboxylic acids is 1. The van der Waals surface area contributed by atoms with Gasteiger partial charge in [-0.15, -0.1) is 0 Å². The summed E-state index contributed by atoms with van der Waals surface area (Å²) in [5.74, 6) is -1.19. The zero-order valence-electron chi connectivity index (χ0n) is 9.26. The smallest absolute Gasteiger partial charge is 0.326 e. The first-order valence-corrected chi connectivity index (χ1v) is 4.82. The summed E-state index contributed by atoms with van der Waals surface area (Å²) >= 11 is 0. The first-order chi connectivity index (χ1) is 6.29. The van der Waals surface area contributed by atoms with E-state index in [4.69, 9.17) is 5.11 Å². The van der Waals surface area contributed by atoms with Crippen molar-refractivity contribution in [2.75, 3.05) is 0 Å². The highest BCUT2D eigenvalue weighted by atomic mass is 16.4. The van der Waals surface area contributed by atoms with Crippen molar-refractivity contribution in [3.05, 3.63) is 0 Å². The SMILES string of the molecule is CCC[C@@H](NC(=O)C(C)(C)C)C(=O)O. The Labute approximate surface area is 84.7 Å². The fraction of sp³-hybridized carbons (Fsp3) is 0.800. The number of aliphatic carboxylic acids is 1. The zero-order chi connectivity index (χ0) is 11.4. The monoisotopic (exact) mass is 201 g/mol. The molecule has 0 rings (SSSR count). The molecule has 0 saturated carbocycles. The van der Waals surface area contributed by atoms with Crippen LogP contribution in [0.25, 0.3) is 0 Å². The van der Waals surface area contributed by atoms with E-state index in [0.717, 1.165) is 6.42 Å². The zero-order valence-corrected chi connectivity index (χ0v) is 9.26. The molecule has 0 saturated heterocycles. The molecular weight excluding hydrogens is 182 g/mol. The molecular formula is C10H19NO3. The Morgan fingerprint density at radius 1 is 1.36 bits per heavy atom. The van der Waals surface area contributed by atoms with Gasteiger partial charge in [-0.05, 0) is 6.42 Å². The summed E-state index contributed by atoms with van der Waals surface area (Å²) in [7, 11) is 0. The van der Waals surface area contributed by atoms with Crippen LogP contribution in [0.2, 0.25) is 0 Å². The van der Waals surface area contributed by atoms with E-state index in [0.29, 0.717) is 6.42 Å². The normalized spacial score (nSPS) is 13.4. The molecule has 4 heteroatoms. The van der Waals surface area contributed by atoms with Crippen molar-refractivity contribution in [3.63, 3.8) is 0 Å². The van der Waals surface area contributed by atoms with Gasteiger partial charge in [0, 0.05) is 5.41 Å². The van der Waals surface area contributed by atoms with Crippen molar-refractivity contribution >= 4 is 11.9 Å². The third-order valence-electron chi connectivity index (χ3n) is 1.86. The van der Waals surface area contributed by atoms with Gasteiger partial charge in [-0.2, -0.15) is 0 Å². The Hall–Kier alpha value is -1.06. The summed E-state index contributed by atoms with van der Waals surface area (Å²) < 4.78 is 0. The second-order valence-corrected chi connectivity index (χ2v) is 4.40. The van der Waals surface area contributed by atoms with Crippen LogP contribution < -0.4 is 5.32 Å². The number of carboxylic acid groups (broad SMARTS) is 1. The Morgan fingerprint density at radius 3 is 2.14 bits per heavy atom. The number of amides is 1. The van der Waals surface area contributed by atoms with Crippen LogP contribution in [0.1, 0.15) is 40.5 Å². The fourth-order valence-corrected chi connectivity index (χ4v) is 0.921. The minimum atomic E-state index is -0.968. The van der Waals surface area contributed by atoms with Crippen LogP contribution in [0.15, 0.2) is 0 Å². The molecule has 1 atom stereocenters. The van der Waals surface area contributed by atoms with Gasteiger partial charge in [0.1, 0.15) is 6.04 Å². The fourth-order valence-electron chi connectivity index (χ4n) is 0.921. The van der Waals surface area contributed by atoms with Crippen molar-refractivity contribution < 1.29 is 14.7 Å². The van der Waals surface area contributed by atoms with Gasteiger partial charge in [-0.1, -0.05) is 34.1 Å². The Kier molecular flexibility index (Phi) is 4.60. The van der Waals surface area contributed by atoms with E-state index in [-0.39, 0.29) is 5.91 Å². The van der Waals surface area contributed by atoms with E-state index in [1.165, 1.54) is 0 Å². The lowest BCUT2D eigenvalue weighted by Gasteiger charge is -2.21. The Balaban J connectivity index is 4.31. The van der Waals surface area contributed by atoms with Crippen molar-refractivity contribution in [2.45, 2.75) is 46.6 Å². The van der Waals surface area contributed by atoms with E-state index in [1.807, 2.05) is 6.92 Å². The van der Waals surface area contributed by atoms with Gasteiger partial charge in [0.25, 0.3) is 0 Å². The van der Waals surface area contributed by atoms with E-state index in [2.05, 4.69) is 5.32 Å². The number of nitrogens with one attached hydrogen (secondary N) is 1. The van der Waals surface area contributed by atoms with E-state index < -0.39 is 17.4 Å². The van der Waals surface area contributed by atoms with Gasteiger partial charge in [0.2, 0.25) is 5.91 Å². The number of carbonyl (C=O) groups is 2. The predicted molar refractivity (Wildman–Crippen MR) is 53.9 cm³/mol. The van der Waals surface area contributed by atoms with Crippen molar-refractivity contribution in [1.29, 1.82) is 0 Å². The molecule has 0 aromatic carbocycles. The molecule has 4 nitrogen and oxygen atoms in total. The van der Waals surface area contributed by atoms with E-state index in [1.54, 1.807) is 20.8 Å². The largest absolute Gasteiger partial charge is 0.480 e. The van der Waals surface area contributed by atoms with Gasteiger partial charge >= 0.3 is 5.97 Å². The summed E-state index contributed by atoms with van der Waals surface area (Å²) in [6.45, 7) is 7.16. The van der Waals surface area contributed by atoms with Crippen LogP contribution in [0.4, 0.5) is 0 Å². The number of hydrogen-bond donors (Lipinski definition) is 2. The van der Waals surface area contributed by atoms with Crippen LogP contribution in [0.3, 0.4) is 0 Å². The Bertz CT molecular complexity index is 218. The predicted octanol–water partition coefficient (Wildman–Crippen LogP) is 1.40. The van der Waals surface area contributed by atoms with Gasteiger partial charge in [-0.3, -0.25) is 4.79 Å². The highest BCUT2D eigenvalue weighted by Crippen LogP contribution is 2.13. The maximum Gasteiger partial charge on any atom is 0.326 e. The molecule has 0 bridgehead atoms. The quantitative estimate of drug-likeness (QED) is 0.722. The van der Waals surface area contributed by atoms with Gasteiger partial charge in [-0.25, -0.2) is 4.79 Å². The number of carboxylic acids is 1. The van der Waals surface area contributed by atoms with E-state index >= 15 is 0 Å². The lowest BCUT2D eigenvalue weighted by molar-refractivity contribution is -0.143. The second kappa shape index (κ2) is 4.98. The van der Waals surface area contributed by atoms with Crippen LogP contribution in [0.5, 0.6) is 0 Å². The molecule has 0 radical (unpaired) electrons. The van der Waals surface area contributed by atoms with Crippen LogP contribution in [0, 0.1) is 5.41 Å². The lowest BCUT2D eigenvalue weighted by Crippen LogP contribution is -2.45. The molecule has 0 fully saturated rings. The van der Waals surface area contributed by atoms with Gasteiger partial charge < -0.3 is 10.4 Å². The first kappa shape index (κ1) is 12.9. The van der Waals surface area contributed by atoms with Gasteiger partial charge in [0.05, 0.1) is 0 Å². The number of hydrogen-bond acceptors (Lipinski definition) is 2. The molecule has 0 aromatic rings. The third kappa shape index (κ3) is 4.25. The summed E-state index contributed by atoms with van der Waals surface area (Å²) in [5, 5.41) is 11.3. The van der Waals surface area contributed by atoms with Gasteiger partial charge in [0.15, 0.2) is 0 Å². The lowest BCUT2D eigenvalue weighted by atomic mass is 9.95. The molecule has 0 aromatic heterocycles. The van der Waals surface area contributed by atoms with E-state index in [9.17, 15) is 9.59 Å². The highest BCUT2D eigenvalue weighted by Gasteiger charge is 2.26. The summed E-state index contributed by atoms with van der Waals surface area (Å²) in [5.41, 5.74) is -0.540. The molecule has 0 heterocycles. The maximum absolute atomic E-state index is 11.5. The van der Waals surface area contributed by atoms with Crippen molar-refractivity contribution in [1.82, 2.24) is 5.32 Å². The molecule has 0 aliphatic rings. The summed E-state index contributed by atoms with van der Waals surface area (Å²) in [4.78, 5) is 22.2. The molecule has 0 aliphatic carbocycles. The van der Waals surface area contributed by atoms with Crippen molar-refractivity contribution in [3.8, 4) is 0 Å². The molecule has 82 valence electrons. The minimum absolute atomic E-state index is 0.224. The number of rotatable bonds is 4. The topological polar surface area (TPSA) is 66.4 Å². The highest BCUT2D eigenvalue weighted by molar-refractivity contribution is 5.86. The minimum Gasteiger partial charge on any atom is -0.480 e. The Morgan fingerprint density at radius 2 is 1.86 bits per heavy atom. The molecule has 0 unspecified atom stereocenters. The molecule has 1 amide bonds.